The minimum atomic E-state index is -4.40. The molecule has 0 aliphatic carbocycles. The second-order valence-corrected chi connectivity index (χ2v) is 3.97. The van der Waals surface area contributed by atoms with Crippen LogP contribution in [0.2, 0.25) is 0 Å². The van der Waals surface area contributed by atoms with Crippen molar-refractivity contribution >= 4 is 16.2 Å². The summed E-state index contributed by atoms with van der Waals surface area (Å²) in [5.41, 5.74) is 0.808. The van der Waals surface area contributed by atoms with E-state index in [1.54, 1.807) is 25.1 Å². The van der Waals surface area contributed by atoms with Gasteiger partial charge in [-0.15, -0.1) is 0 Å². The molecule has 0 aliphatic rings. The van der Waals surface area contributed by atoms with Crippen molar-refractivity contribution in [3.05, 3.63) is 35.9 Å². The Hall–Kier alpha value is -0.130. The fourth-order valence-corrected chi connectivity index (χ4v) is 2.08. The molecule has 0 unspecified atom stereocenters. The van der Waals surface area contributed by atoms with Crippen LogP contribution in [-0.2, 0) is 10.1 Å². The molecule has 0 aliphatic heterocycles. The van der Waals surface area contributed by atoms with Gasteiger partial charge in [-0.3, -0.25) is 0 Å². The maximum atomic E-state index is 10.8. The molecule has 0 atom stereocenters. The van der Waals surface area contributed by atoms with Crippen molar-refractivity contribution < 1.29 is 42.5 Å². The second kappa shape index (κ2) is 5.09. The van der Waals surface area contributed by atoms with E-state index in [4.69, 9.17) is 0 Å². The summed E-state index contributed by atoms with van der Waals surface area (Å²) in [6, 6.07) is 4.81. The molecule has 0 fully saturated rings. The Morgan fingerprint density at radius 2 is 2.00 bits per heavy atom. The van der Waals surface area contributed by atoms with Gasteiger partial charge in [-0.2, -0.15) is 0 Å². The third-order valence-electron chi connectivity index (χ3n) is 1.71. The van der Waals surface area contributed by atoms with Crippen LogP contribution in [0.3, 0.4) is 0 Å². The molecule has 5 heteroatoms. The summed E-state index contributed by atoms with van der Waals surface area (Å²) in [6.07, 6.45) is 1.36. The van der Waals surface area contributed by atoms with Crippen molar-refractivity contribution in [1.82, 2.24) is 0 Å². The van der Waals surface area contributed by atoms with Gasteiger partial charge >= 0.3 is 29.6 Å². The quantitative estimate of drug-likeness (QED) is 0.452. The molecular formula is C9H9NaO3S. The van der Waals surface area contributed by atoms with Crippen LogP contribution in [0.25, 0.3) is 6.08 Å². The van der Waals surface area contributed by atoms with E-state index in [1.807, 2.05) is 0 Å². The van der Waals surface area contributed by atoms with Crippen molar-refractivity contribution in [3.8, 4) is 0 Å². The molecule has 0 N–H and O–H groups in total. The van der Waals surface area contributed by atoms with Crippen LogP contribution in [0, 0.1) is 6.92 Å². The third kappa shape index (κ3) is 2.93. The van der Waals surface area contributed by atoms with Crippen molar-refractivity contribution in [2.45, 2.75) is 11.8 Å². The summed E-state index contributed by atoms with van der Waals surface area (Å²) in [7, 11) is -4.40. The maximum Gasteiger partial charge on any atom is 1.00 e. The van der Waals surface area contributed by atoms with Crippen LogP contribution < -0.4 is 29.6 Å². The first-order valence-electron chi connectivity index (χ1n) is 3.65. The molecular weight excluding hydrogens is 211 g/mol. The average Bonchev–Trinajstić information content (AvgIpc) is 2.01. The fraction of sp³-hybridized carbons (Fsp3) is 0.111. The Labute approximate surface area is 106 Å². The SMILES string of the molecule is C=Cc1cccc(C)c1S(=O)(=O)[O-].[Na+]. The normalized spacial score (nSPS) is 10.4. The number of aryl methyl sites for hydroxylation is 1. The Balaban J connectivity index is 0.00000169. The Kier molecular flexibility index (Phi) is 5.05. The average molecular weight is 220 g/mol. The van der Waals surface area contributed by atoms with Gasteiger partial charge in [0.2, 0.25) is 0 Å². The summed E-state index contributed by atoms with van der Waals surface area (Å²) in [5, 5.41) is 0. The van der Waals surface area contributed by atoms with E-state index in [0.29, 0.717) is 11.1 Å². The van der Waals surface area contributed by atoms with Gasteiger partial charge in [0.1, 0.15) is 10.1 Å². The van der Waals surface area contributed by atoms with Crippen molar-refractivity contribution in [2.75, 3.05) is 0 Å². The predicted molar refractivity (Wildman–Crippen MR) is 49.2 cm³/mol. The summed E-state index contributed by atoms with van der Waals surface area (Å²) < 4.78 is 32.5. The zero-order chi connectivity index (χ0) is 10.1. The van der Waals surface area contributed by atoms with E-state index in [9.17, 15) is 13.0 Å². The first kappa shape index (κ1) is 13.9. The molecule has 0 spiro atoms. The van der Waals surface area contributed by atoms with Gasteiger partial charge in [0.05, 0.1) is 4.90 Å². The molecule has 0 saturated carbocycles. The zero-order valence-corrected chi connectivity index (χ0v) is 11.0. The molecule has 1 aromatic carbocycles. The first-order valence-corrected chi connectivity index (χ1v) is 5.05. The van der Waals surface area contributed by atoms with Crippen LogP contribution in [0.15, 0.2) is 29.7 Å². The second-order valence-electron chi connectivity index (χ2n) is 2.65. The molecule has 1 rings (SSSR count). The first-order chi connectivity index (χ1) is 5.96. The smallest absolute Gasteiger partial charge is 0.744 e. The molecule has 0 amide bonds. The van der Waals surface area contributed by atoms with Gasteiger partial charge in [0.25, 0.3) is 0 Å². The van der Waals surface area contributed by atoms with Crippen LogP contribution >= 0.6 is 0 Å². The number of benzene rings is 1. The Bertz CT molecular complexity index is 437. The minimum Gasteiger partial charge on any atom is -0.744 e. The largest absolute Gasteiger partial charge is 1.00 e. The van der Waals surface area contributed by atoms with Gasteiger partial charge in [-0.1, -0.05) is 30.9 Å². The molecule has 14 heavy (non-hydrogen) atoms. The molecule has 70 valence electrons. The molecule has 0 aromatic heterocycles. The molecule has 0 radical (unpaired) electrons. The summed E-state index contributed by atoms with van der Waals surface area (Å²) in [5.74, 6) is 0. The van der Waals surface area contributed by atoms with Crippen molar-refractivity contribution in [3.63, 3.8) is 0 Å². The molecule has 0 saturated heterocycles. The monoisotopic (exact) mass is 220 g/mol. The number of hydrogen-bond donors (Lipinski definition) is 0. The van der Waals surface area contributed by atoms with Gasteiger partial charge in [-0.25, -0.2) is 8.42 Å². The topological polar surface area (TPSA) is 57.2 Å². The molecule has 0 bridgehead atoms. The van der Waals surface area contributed by atoms with E-state index in [2.05, 4.69) is 6.58 Å². The van der Waals surface area contributed by atoms with E-state index in [0.717, 1.165) is 0 Å². The predicted octanol–water partition coefficient (Wildman–Crippen LogP) is -1.45. The maximum absolute atomic E-state index is 10.8. The molecule has 0 heterocycles. The third-order valence-corrected chi connectivity index (χ3v) is 2.77. The van der Waals surface area contributed by atoms with Crippen LogP contribution in [-0.4, -0.2) is 13.0 Å². The van der Waals surface area contributed by atoms with Gasteiger partial charge < -0.3 is 4.55 Å². The summed E-state index contributed by atoms with van der Waals surface area (Å²) in [4.78, 5) is -0.176. The van der Waals surface area contributed by atoms with Gasteiger partial charge in [0, 0.05) is 0 Å². The van der Waals surface area contributed by atoms with Gasteiger partial charge in [0.15, 0.2) is 0 Å². The number of hydrogen-bond acceptors (Lipinski definition) is 3. The van der Waals surface area contributed by atoms with Crippen LogP contribution in [0.5, 0.6) is 0 Å². The molecule has 3 nitrogen and oxygen atoms in total. The summed E-state index contributed by atoms with van der Waals surface area (Å²) >= 11 is 0. The van der Waals surface area contributed by atoms with Crippen LogP contribution in [0.4, 0.5) is 0 Å². The van der Waals surface area contributed by atoms with Crippen LogP contribution in [0.1, 0.15) is 11.1 Å². The Morgan fingerprint density at radius 3 is 2.36 bits per heavy atom. The summed E-state index contributed by atoms with van der Waals surface area (Å²) in [6.45, 7) is 5.02. The van der Waals surface area contributed by atoms with E-state index in [-0.39, 0.29) is 34.5 Å². The number of rotatable bonds is 2. The van der Waals surface area contributed by atoms with E-state index in [1.165, 1.54) is 6.08 Å². The fourth-order valence-electron chi connectivity index (χ4n) is 1.18. The Morgan fingerprint density at radius 1 is 1.43 bits per heavy atom. The van der Waals surface area contributed by atoms with E-state index < -0.39 is 10.1 Å². The minimum absolute atomic E-state index is 0. The van der Waals surface area contributed by atoms with Crippen molar-refractivity contribution in [2.24, 2.45) is 0 Å². The standard InChI is InChI=1S/C9H10O3S.Na/c1-3-8-6-4-5-7(2)9(8)13(10,11)12;/h3-6H,1H2,2H3,(H,10,11,12);/q;+1/p-1. The van der Waals surface area contributed by atoms with E-state index >= 15 is 0 Å². The van der Waals surface area contributed by atoms with Crippen molar-refractivity contribution in [1.29, 1.82) is 0 Å². The van der Waals surface area contributed by atoms with Gasteiger partial charge in [-0.05, 0) is 18.1 Å². The zero-order valence-electron chi connectivity index (χ0n) is 8.15. The molecule has 1 aromatic rings.